The maximum absolute atomic E-state index is 12.5. The second-order valence-corrected chi connectivity index (χ2v) is 9.64. The number of rotatable bonds is 4. The molecule has 0 aromatic heterocycles. The van der Waals surface area contributed by atoms with Crippen LogP contribution in [0.1, 0.15) is 0 Å². The Kier molecular flexibility index (Phi) is 5.26. The predicted molar refractivity (Wildman–Crippen MR) is 69.0 cm³/mol. The van der Waals surface area contributed by atoms with E-state index in [1.165, 1.54) is 18.2 Å². The SMILES string of the molecule is N=C(I(OS(=O)(=O)C(F)(F)F)c1ccccc1)C(F)(F)F. The average molecular weight is 449 g/mol. The molecule has 0 atom stereocenters. The molecule has 21 heavy (non-hydrogen) atoms. The number of hydrogen-bond acceptors (Lipinski definition) is 4. The molecule has 120 valence electrons. The summed E-state index contributed by atoms with van der Waals surface area (Å²) in [5.74, 6) is 0. The summed E-state index contributed by atoms with van der Waals surface area (Å²) < 4.78 is 97.3. The Balaban J connectivity index is 3.26. The zero-order chi connectivity index (χ0) is 16.5. The van der Waals surface area contributed by atoms with Crippen LogP contribution in [0.5, 0.6) is 0 Å². The van der Waals surface area contributed by atoms with Gasteiger partial charge in [0.2, 0.25) is 0 Å². The molecule has 0 heterocycles. The van der Waals surface area contributed by atoms with Gasteiger partial charge in [0.1, 0.15) is 0 Å². The number of nitrogens with one attached hydrogen (secondary N) is 1. The van der Waals surface area contributed by atoms with Gasteiger partial charge < -0.3 is 0 Å². The van der Waals surface area contributed by atoms with E-state index in [2.05, 4.69) is 2.51 Å². The first-order valence-electron chi connectivity index (χ1n) is 4.78. The first-order valence-corrected chi connectivity index (χ1v) is 9.23. The normalized spacial score (nSPS) is 13.9. The molecule has 0 amide bonds. The Morgan fingerprint density at radius 3 is 1.90 bits per heavy atom. The van der Waals surface area contributed by atoms with E-state index in [1.54, 1.807) is 0 Å². The molecule has 0 aliphatic carbocycles. The zero-order valence-electron chi connectivity index (χ0n) is 9.67. The second-order valence-electron chi connectivity index (χ2n) is 3.32. The summed E-state index contributed by atoms with van der Waals surface area (Å²) in [6.07, 6.45) is -5.28. The van der Waals surface area contributed by atoms with E-state index in [4.69, 9.17) is 5.41 Å². The van der Waals surface area contributed by atoms with Gasteiger partial charge in [0, 0.05) is 0 Å². The molecule has 0 radical (unpaired) electrons. The van der Waals surface area contributed by atoms with Crippen LogP contribution in [0.2, 0.25) is 0 Å². The fraction of sp³-hybridized carbons (Fsp3) is 0.222. The van der Waals surface area contributed by atoms with Gasteiger partial charge in [0.05, 0.1) is 0 Å². The molecular formula is C9H6F6INO3S. The number of halogens is 7. The van der Waals surface area contributed by atoms with Crippen molar-refractivity contribution in [3.63, 3.8) is 0 Å². The third-order valence-corrected chi connectivity index (χ3v) is 8.58. The Hall–Kier alpha value is -0.890. The molecule has 1 aromatic carbocycles. The van der Waals surface area contributed by atoms with Crippen molar-refractivity contribution in [2.24, 2.45) is 0 Å². The average Bonchev–Trinajstić information content (AvgIpc) is 2.33. The maximum atomic E-state index is 12.5. The molecule has 0 aliphatic rings. The van der Waals surface area contributed by atoms with Gasteiger partial charge in [0.25, 0.3) is 0 Å². The van der Waals surface area contributed by atoms with Crippen LogP contribution >= 0.6 is 20.2 Å². The van der Waals surface area contributed by atoms with Gasteiger partial charge in [-0.2, -0.15) is 0 Å². The molecule has 0 saturated carbocycles. The molecule has 12 heteroatoms. The van der Waals surface area contributed by atoms with Crippen molar-refractivity contribution in [1.29, 1.82) is 5.41 Å². The van der Waals surface area contributed by atoms with E-state index >= 15 is 0 Å². The van der Waals surface area contributed by atoms with Gasteiger partial charge in [0.15, 0.2) is 0 Å². The van der Waals surface area contributed by atoms with E-state index in [0.717, 1.165) is 12.1 Å². The summed E-state index contributed by atoms with van der Waals surface area (Å²) >= 11 is -4.60. The third-order valence-electron chi connectivity index (χ3n) is 1.78. The minimum absolute atomic E-state index is 0.392. The van der Waals surface area contributed by atoms with Crippen LogP contribution in [0, 0.1) is 8.98 Å². The van der Waals surface area contributed by atoms with Gasteiger partial charge in [-0.1, -0.05) is 0 Å². The van der Waals surface area contributed by atoms with Crippen molar-refractivity contribution >= 4 is 34.1 Å². The van der Waals surface area contributed by atoms with E-state index < -0.39 is 49.3 Å². The monoisotopic (exact) mass is 449 g/mol. The molecule has 0 fully saturated rings. The number of hydrogen-bond donors (Lipinski definition) is 1. The van der Waals surface area contributed by atoms with Crippen LogP contribution in [0.4, 0.5) is 26.3 Å². The van der Waals surface area contributed by atoms with E-state index in [9.17, 15) is 34.8 Å². The Morgan fingerprint density at radius 1 is 1.05 bits per heavy atom. The molecule has 1 N–H and O–H groups in total. The third kappa shape index (κ3) is 4.54. The van der Waals surface area contributed by atoms with Gasteiger partial charge in [-0.25, -0.2) is 0 Å². The Bertz CT molecular complexity index is 613. The molecule has 0 aliphatic heterocycles. The van der Waals surface area contributed by atoms with E-state index in [-0.39, 0.29) is 0 Å². The van der Waals surface area contributed by atoms with E-state index in [1.807, 2.05) is 0 Å². The summed E-state index contributed by atoms with van der Waals surface area (Å²) in [6, 6.07) is 5.74. The molecular weight excluding hydrogens is 443 g/mol. The molecule has 0 spiro atoms. The van der Waals surface area contributed by atoms with Crippen molar-refractivity contribution in [3.8, 4) is 0 Å². The first-order chi connectivity index (χ1) is 9.36. The first kappa shape index (κ1) is 18.2. The second kappa shape index (κ2) is 6.08. The van der Waals surface area contributed by atoms with Crippen molar-refractivity contribution < 1.29 is 37.3 Å². The van der Waals surface area contributed by atoms with Gasteiger partial charge in [-0.15, -0.1) is 0 Å². The fourth-order valence-electron chi connectivity index (χ4n) is 0.922. The van der Waals surface area contributed by atoms with Crippen LogP contribution in [0.3, 0.4) is 0 Å². The van der Waals surface area contributed by atoms with Crippen LogP contribution in [-0.4, -0.2) is 23.8 Å². The van der Waals surface area contributed by atoms with Gasteiger partial charge in [-0.3, -0.25) is 0 Å². The molecule has 0 unspecified atom stereocenters. The molecule has 1 aromatic rings. The minimum atomic E-state index is -6.22. The van der Waals surface area contributed by atoms with Crippen molar-refractivity contribution in [2.45, 2.75) is 11.7 Å². The summed E-state index contributed by atoms with van der Waals surface area (Å²) in [6.45, 7) is 0. The van der Waals surface area contributed by atoms with Crippen LogP contribution < -0.4 is 0 Å². The number of alkyl halides is 6. The van der Waals surface area contributed by atoms with Crippen molar-refractivity contribution in [2.75, 3.05) is 0 Å². The molecule has 4 nitrogen and oxygen atoms in total. The summed E-state index contributed by atoms with van der Waals surface area (Å²) in [5.41, 5.74) is -5.86. The molecule has 0 saturated heterocycles. The van der Waals surface area contributed by atoms with Crippen LogP contribution in [0.15, 0.2) is 30.3 Å². The summed E-state index contributed by atoms with van der Waals surface area (Å²) in [4.78, 5) is 0. The van der Waals surface area contributed by atoms with Gasteiger partial charge in [-0.05, 0) is 0 Å². The summed E-state index contributed by atoms with van der Waals surface area (Å²) in [7, 11) is -6.22. The summed E-state index contributed by atoms with van der Waals surface area (Å²) in [5, 5.41) is 6.91. The number of benzene rings is 1. The predicted octanol–water partition coefficient (Wildman–Crippen LogP) is 3.68. The van der Waals surface area contributed by atoms with Crippen molar-refractivity contribution in [1.82, 2.24) is 0 Å². The van der Waals surface area contributed by atoms with Crippen LogP contribution in [-0.2, 0) is 12.6 Å². The van der Waals surface area contributed by atoms with Crippen molar-refractivity contribution in [3.05, 3.63) is 33.9 Å². The van der Waals surface area contributed by atoms with E-state index in [0.29, 0.717) is 0 Å². The molecule has 0 bridgehead atoms. The fourth-order valence-corrected chi connectivity index (χ4v) is 6.74. The van der Waals surface area contributed by atoms with Crippen LogP contribution in [0.25, 0.3) is 0 Å². The quantitative estimate of drug-likeness (QED) is 0.330. The standard InChI is InChI=1S/C9H6F6INO3S/c10-8(11,12)7(17)16(6-4-2-1-3-5-6)20-21(18,19)9(13,14)15/h1-5,17H. The zero-order valence-corrected chi connectivity index (χ0v) is 12.6. The molecule has 1 rings (SSSR count). The Labute approximate surface area is 122 Å². The van der Waals surface area contributed by atoms with Gasteiger partial charge >= 0.3 is 122 Å². The Morgan fingerprint density at radius 2 is 1.52 bits per heavy atom. The topological polar surface area (TPSA) is 67.2 Å².